The number of aromatic nitrogens is 2. The molecule has 1 aliphatic heterocycles. The van der Waals surface area contributed by atoms with Crippen LogP contribution in [0, 0.1) is 0 Å². The second kappa shape index (κ2) is 6.74. The Bertz CT molecular complexity index is 581. The molecule has 0 atom stereocenters. The molecule has 0 saturated heterocycles. The topological polar surface area (TPSA) is 56.3 Å². The second-order valence-electron chi connectivity index (χ2n) is 5.37. The first-order valence-corrected chi connectivity index (χ1v) is 7.49. The first-order chi connectivity index (χ1) is 10.3. The largest absolute Gasteiger partial charge is 0.494 e. The normalized spacial score (nSPS) is 14.9. The monoisotopic (exact) mass is 286 g/mol. The molecule has 5 heteroatoms. The quantitative estimate of drug-likeness (QED) is 0.820. The number of benzene rings is 1. The van der Waals surface area contributed by atoms with Gasteiger partial charge in [0, 0.05) is 38.6 Å². The maximum atomic E-state index is 5.79. The van der Waals surface area contributed by atoms with Crippen LogP contribution in [-0.4, -0.2) is 34.1 Å². The number of imidazole rings is 1. The van der Waals surface area contributed by atoms with Gasteiger partial charge in [0.05, 0.1) is 13.2 Å². The molecule has 0 unspecified atom stereocenters. The molecule has 21 heavy (non-hydrogen) atoms. The lowest BCUT2D eigenvalue weighted by atomic mass is 10.2. The summed E-state index contributed by atoms with van der Waals surface area (Å²) in [5.74, 6) is 2.07. The third-order valence-electron chi connectivity index (χ3n) is 3.85. The van der Waals surface area contributed by atoms with Crippen LogP contribution in [0.3, 0.4) is 0 Å². The molecule has 0 fully saturated rings. The fourth-order valence-electron chi connectivity index (χ4n) is 2.65. The van der Waals surface area contributed by atoms with Gasteiger partial charge < -0.3 is 15.0 Å². The zero-order chi connectivity index (χ0) is 14.5. The van der Waals surface area contributed by atoms with Gasteiger partial charge in [-0.15, -0.1) is 0 Å². The zero-order valence-corrected chi connectivity index (χ0v) is 12.2. The Kier molecular flexibility index (Phi) is 4.52. The van der Waals surface area contributed by atoms with E-state index in [9.17, 15) is 0 Å². The van der Waals surface area contributed by atoms with Crippen LogP contribution in [0.4, 0.5) is 0 Å². The molecule has 0 aliphatic carbocycles. The molecule has 0 bridgehead atoms. The molecule has 2 aromatic rings. The summed E-state index contributed by atoms with van der Waals surface area (Å²) in [5, 5.41) is 0. The van der Waals surface area contributed by atoms with E-state index in [1.54, 1.807) is 0 Å². The van der Waals surface area contributed by atoms with E-state index in [0.717, 1.165) is 56.3 Å². The standard InChI is InChI=1S/C16H22N4O/c17-12-14-3-1-4-15(11-14)21-10-2-6-19-8-9-20-7-5-18-16(20)13-19/h1,3-5,7,11H,2,6,8-10,12-13,17H2. The first kappa shape index (κ1) is 14.1. The predicted molar refractivity (Wildman–Crippen MR) is 81.9 cm³/mol. The number of ether oxygens (including phenoxy) is 1. The summed E-state index contributed by atoms with van der Waals surface area (Å²) in [6, 6.07) is 8.00. The van der Waals surface area contributed by atoms with Crippen molar-refractivity contribution in [2.75, 3.05) is 19.7 Å². The van der Waals surface area contributed by atoms with Gasteiger partial charge in [0.1, 0.15) is 11.6 Å². The number of rotatable bonds is 6. The molecule has 2 heterocycles. The molecule has 2 N–H and O–H groups in total. The fourth-order valence-corrected chi connectivity index (χ4v) is 2.65. The van der Waals surface area contributed by atoms with Crippen molar-refractivity contribution in [3.05, 3.63) is 48.0 Å². The first-order valence-electron chi connectivity index (χ1n) is 7.49. The average molecular weight is 286 g/mol. The second-order valence-corrected chi connectivity index (χ2v) is 5.37. The van der Waals surface area contributed by atoms with E-state index in [4.69, 9.17) is 10.5 Å². The van der Waals surface area contributed by atoms with Gasteiger partial charge in [-0.05, 0) is 24.1 Å². The van der Waals surface area contributed by atoms with Crippen molar-refractivity contribution < 1.29 is 4.74 Å². The van der Waals surface area contributed by atoms with Crippen LogP contribution in [0.1, 0.15) is 17.8 Å². The molecule has 3 rings (SSSR count). The molecule has 0 radical (unpaired) electrons. The van der Waals surface area contributed by atoms with Crippen LogP contribution in [-0.2, 0) is 19.6 Å². The summed E-state index contributed by atoms with van der Waals surface area (Å²) in [4.78, 5) is 6.81. The fraction of sp³-hybridized carbons (Fsp3) is 0.438. The van der Waals surface area contributed by atoms with Gasteiger partial charge in [-0.3, -0.25) is 4.90 Å². The summed E-state index contributed by atoms with van der Waals surface area (Å²) in [6.07, 6.45) is 4.96. The summed E-state index contributed by atoms with van der Waals surface area (Å²) < 4.78 is 8.02. The van der Waals surface area contributed by atoms with Crippen molar-refractivity contribution >= 4 is 0 Å². The molecular formula is C16H22N4O. The van der Waals surface area contributed by atoms with Crippen LogP contribution in [0.15, 0.2) is 36.7 Å². The number of hydrogen-bond donors (Lipinski definition) is 1. The lowest BCUT2D eigenvalue weighted by Gasteiger charge is -2.27. The van der Waals surface area contributed by atoms with Gasteiger partial charge in [0.15, 0.2) is 0 Å². The Morgan fingerprint density at radius 1 is 1.29 bits per heavy atom. The zero-order valence-electron chi connectivity index (χ0n) is 12.2. The minimum atomic E-state index is 0.553. The lowest BCUT2D eigenvalue weighted by molar-refractivity contribution is 0.195. The highest BCUT2D eigenvalue weighted by atomic mass is 16.5. The van der Waals surface area contributed by atoms with Gasteiger partial charge in [-0.25, -0.2) is 4.98 Å². The molecule has 112 valence electrons. The Balaban J connectivity index is 1.41. The van der Waals surface area contributed by atoms with Crippen LogP contribution in [0.25, 0.3) is 0 Å². The van der Waals surface area contributed by atoms with Crippen molar-refractivity contribution in [2.45, 2.75) is 26.1 Å². The van der Waals surface area contributed by atoms with Gasteiger partial charge in [0.25, 0.3) is 0 Å². The van der Waals surface area contributed by atoms with E-state index in [1.807, 2.05) is 30.5 Å². The highest BCUT2D eigenvalue weighted by molar-refractivity contribution is 5.28. The summed E-state index contributed by atoms with van der Waals surface area (Å²) in [5.41, 5.74) is 6.74. The van der Waals surface area contributed by atoms with E-state index in [2.05, 4.69) is 20.6 Å². The number of nitrogens with zero attached hydrogens (tertiary/aromatic N) is 3. The summed E-state index contributed by atoms with van der Waals surface area (Å²) in [7, 11) is 0. The summed E-state index contributed by atoms with van der Waals surface area (Å²) >= 11 is 0. The van der Waals surface area contributed by atoms with E-state index < -0.39 is 0 Å². The van der Waals surface area contributed by atoms with E-state index in [0.29, 0.717) is 6.54 Å². The molecule has 0 saturated carbocycles. The molecule has 1 aliphatic rings. The molecule has 5 nitrogen and oxygen atoms in total. The highest BCUT2D eigenvalue weighted by Crippen LogP contribution is 2.14. The van der Waals surface area contributed by atoms with Crippen molar-refractivity contribution in [3.8, 4) is 5.75 Å². The maximum absolute atomic E-state index is 5.79. The van der Waals surface area contributed by atoms with Gasteiger partial charge in [0.2, 0.25) is 0 Å². The van der Waals surface area contributed by atoms with E-state index in [-0.39, 0.29) is 0 Å². The van der Waals surface area contributed by atoms with Crippen LogP contribution in [0.5, 0.6) is 5.75 Å². The maximum Gasteiger partial charge on any atom is 0.122 e. The van der Waals surface area contributed by atoms with Gasteiger partial charge >= 0.3 is 0 Å². The Hall–Kier alpha value is -1.85. The van der Waals surface area contributed by atoms with Crippen molar-refractivity contribution in [1.82, 2.24) is 14.5 Å². The molecule has 1 aromatic carbocycles. The third kappa shape index (κ3) is 3.62. The smallest absolute Gasteiger partial charge is 0.122 e. The van der Waals surface area contributed by atoms with Crippen molar-refractivity contribution in [3.63, 3.8) is 0 Å². The molecule has 0 spiro atoms. The lowest BCUT2D eigenvalue weighted by Crippen LogP contribution is -2.34. The van der Waals surface area contributed by atoms with Gasteiger partial charge in [-0.2, -0.15) is 0 Å². The highest BCUT2D eigenvalue weighted by Gasteiger charge is 2.15. The summed E-state index contributed by atoms with van der Waals surface area (Å²) in [6.45, 7) is 5.40. The van der Waals surface area contributed by atoms with Gasteiger partial charge in [-0.1, -0.05) is 12.1 Å². The molecule has 1 aromatic heterocycles. The Morgan fingerprint density at radius 3 is 3.14 bits per heavy atom. The number of nitrogens with two attached hydrogens (primary N) is 1. The third-order valence-corrected chi connectivity index (χ3v) is 3.85. The van der Waals surface area contributed by atoms with Crippen LogP contribution >= 0.6 is 0 Å². The number of fused-ring (bicyclic) bond motifs is 1. The molecular weight excluding hydrogens is 264 g/mol. The van der Waals surface area contributed by atoms with Crippen LogP contribution in [0.2, 0.25) is 0 Å². The van der Waals surface area contributed by atoms with Crippen LogP contribution < -0.4 is 10.5 Å². The van der Waals surface area contributed by atoms with E-state index in [1.165, 1.54) is 0 Å². The Morgan fingerprint density at radius 2 is 2.24 bits per heavy atom. The minimum Gasteiger partial charge on any atom is -0.494 e. The predicted octanol–water partition coefficient (Wildman–Crippen LogP) is 1.63. The van der Waals surface area contributed by atoms with Crippen molar-refractivity contribution in [1.29, 1.82) is 0 Å². The minimum absolute atomic E-state index is 0.553. The van der Waals surface area contributed by atoms with Crippen molar-refractivity contribution in [2.24, 2.45) is 5.73 Å². The van der Waals surface area contributed by atoms with E-state index >= 15 is 0 Å². The molecule has 0 amide bonds. The Labute approximate surface area is 125 Å². The average Bonchev–Trinajstić information content (AvgIpc) is 2.99. The SMILES string of the molecule is NCc1cccc(OCCCN2CCn3ccnc3C2)c1. The number of hydrogen-bond acceptors (Lipinski definition) is 4.